The zero-order chi connectivity index (χ0) is 28.9. The smallest absolute Gasteiger partial charge is 0.251 e. The number of rotatable bonds is 9. The van der Waals surface area contributed by atoms with Gasteiger partial charge < -0.3 is 10.1 Å². The Bertz CT molecular complexity index is 1410. The molecule has 40 heavy (non-hydrogen) atoms. The molecule has 0 aromatic heterocycles. The Labute approximate surface area is 239 Å². The van der Waals surface area contributed by atoms with E-state index in [1.807, 2.05) is 43.3 Å². The van der Waals surface area contributed by atoms with Gasteiger partial charge in [0.15, 0.2) is 0 Å². The molecule has 1 aliphatic rings. The minimum Gasteiger partial charge on any atom is -0.497 e. The third kappa shape index (κ3) is 7.30. The van der Waals surface area contributed by atoms with Crippen LogP contribution in [-0.2, 0) is 29.5 Å². The maximum absolute atomic E-state index is 13.3. The van der Waals surface area contributed by atoms with Crippen molar-refractivity contribution in [3.05, 3.63) is 94.5 Å². The number of carbonyl (C=O) groups excluding carboxylic acids is 1. The molecule has 0 bridgehead atoms. The Morgan fingerprint density at radius 3 is 2.35 bits per heavy atom. The molecule has 1 amide bonds. The summed E-state index contributed by atoms with van der Waals surface area (Å²) in [5.41, 5.74) is 4.72. The Morgan fingerprint density at radius 2 is 1.70 bits per heavy atom. The van der Waals surface area contributed by atoms with Crippen molar-refractivity contribution >= 4 is 15.9 Å². The molecule has 0 spiro atoms. The van der Waals surface area contributed by atoms with Gasteiger partial charge in [0, 0.05) is 43.8 Å². The summed E-state index contributed by atoms with van der Waals surface area (Å²) >= 11 is 0. The van der Waals surface area contributed by atoms with Crippen LogP contribution in [0, 0.1) is 6.92 Å². The van der Waals surface area contributed by atoms with Crippen molar-refractivity contribution in [1.82, 2.24) is 14.5 Å². The highest BCUT2D eigenvalue weighted by Crippen LogP contribution is 2.26. The number of sulfonamides is 1. The summed E-state index contributed by atoms with van der Waals surface area (Å²) in [6.45, 7) is 11.2. The van der Waals surface area contributed by atoms with Gasteiger partial charge in [-0.2, -0.15) is 4.31 Å². The third-order valence-electron chi connectivity index (χ3n) is 7.48. The minimum atomic E-state index is -3.59. The summed E-state index contributed by atoms with van der Waals surface area (Å²) < 4.78 is 33.4. The van der Waals surface area contributed by atoms with E-state index < -0.39 is 10.0 Å². The van der Waals surface area contributed by atoms with E-state index in [0.29, 0.717) is 43.1 Å². The molecule has 3 aromatic carbocycles. The van der Waals surface area contributed by atoms with Crippen LogP contribution < -0.4 is 10.1 Å². The van der Waals surface area contributed by atoms with E-state index in [0.717, 1.165) is 35.4 Å². The van der Waals surface area contributed by atoms with Crippen LogP contribution in [0.5, 0.6) is 5.75 Å². The van der Waals surface area contributed by atoms with Crippen LogP contribution in [0.4, 0.5) is 0 Å². The lowest BCUT2D eigenvalue weighted by atomic mass is 10.0. The number of carbonyl (C=O) groups is 1. The molecule has 214 valence electrons. The summed E-state index contributed by atoms with van der Waals surface area (Å²) in [5.74, 6) is 0.717. The Morgan fingerprint density at radius 1 is 1.00 bits per heavy atom. The molecular weight excluding hydrogens is 522 g/mol. The zero-order valence-corrected chi connectivity index (χ0v) is 25.1. The van der Waals surface area contributed by atoms with Crippen LogP contribution in [0.3, 0.4) is 0 Å². The van der Waals surface area contributed by atoms with Gasteiger partial charge in [0.1, 0.15) is 5.75 Å². The number of nitrogens with one attached hydrogen (secondary N) is 1. The van der Waals surface area contributed by atoms with E-state index >= 15 is 0 Å². The van der Waals surface area contributed by atoms with Gasteiger partial charge in [0.05, 0.1) is 12.0 Å². The minimum absolute atomic E-state index is 0.0699. The van der Waals surface area contributed by atoms with Crippen LogP contribution in [0.2, 0.25) is 0 Å². The molecule has 7 nitrogen and oxygen atoms in total. The van der Waals surface area contributed by atoms with Crippen molar-refractivity contribution in [3.8, 4) is 5.75 Å². The summed E-state index contributed by atoms with van der Waals surface area (Å²) in [6.07, 6.45) is 1.44. The van der Waals surface area contributed by atoms with E-state index in [1.54, 1.807) is 29.6 Å². The van der Waals surface area contributed by atoms with Gasteiger partial charge in [-0.05, 0) is 93.6 Å². The predicted octanol–water partition coefficient (Wildman–Crippen LogP) is 5.17. The topological polar surface area (TPSA) is 79.0 Å². The summed E-state index contributed by atoms with van der Waals surface area (Å²) in [6, 6.07) is 20.7. The molecule has 1 aliphatic heterocycles. The number of hydrogen-bond acceptors (Lipinski definition) is 5. The average Bonchev–Trinajstić information content (AvgIpc) is 3.15. The first-order chi connectivity index (χ1) is 19.0. The first-order valence-corrected chi connectivity index (χ1v) is 15.3. The third-order valence-corrected chi connectivity index (χ3v) is 9.34. The number of amides is 1. The van der Waals surface area contributed by atoms with Crippen molar-refractivity contribution in [1.29, 1.82) is 0 Å². The number of methoxy groups -OCH3 is 1. The van der Waals surface area contributed by atoms with Crippen LogP contribution in [0.25, 0.3) is 0 Å². The van der Waals surface area contributed by atoms with Crippen LogP contribution in [-0.4, -0.2) is 55.8 Å². The van der Waals surface area contributed by atoms with E-state index in [2.05, 4.69) is 43.1 Å². The summed E-state index contributed by atoms with van der Waals surface area (Å²) in [7, 11) is -1.93. The van der Waals surface area contributed by atoms with Crippen LogP contribution in [0.1, 0.15) is 59.8 Å². The molecule has 0 fully saturated rings. The molecule has 3 aromatic rings. The van der Waals surface area contributed by atoms with Gasteiger partial charge in [-0.25, -0.2) is 8.42 Å². The lowest BCUT2D eigenvalue weighted by Gasteiger charge is -2.35. The number of nitrogens with zero attached hydrogens (tertiary/aromatic N) is 2. The van der Waals surface area contributed by atoms with E-state index in [1.165, 1.54) is 5.56 Å². The van der Waals surface area contributed by atoms with Crippen molar-refractivity contribution in [2.24, 2.45) is 0 Å². The van der Waals surface area contributed by atoms with Gasteiger partial charge in [-0.1, -0.05) is 35.9 Å². The molecule has 0 unspecified atom stereocenters. The number of fused-ring (bicyclic) bond motifs is 1. The zero-order valence-electron chi connectivity index (χ0n) is 24.2. The fourth-order valence-corrected chi connectivity index (χ4v) is 6.40. The monoisotopic (exact) mass is 563 g/mol. The number of benzene rings is 3. The average molecular weight is 564 g/mol. The molecule has 0 aliphatic carbocycles. The highest BCUT2D eigenvalue weighted by Gasteiger charge is 2.27. The number of hydrogen-bond donors (Lipinski definition) is 1. The summed E-state index contributed by atoms with van der Waals surface area (Å²) in [4.78, 5) is 15.7. The number of ether oxygens (including phenoxy) is 1. The molecule has 0 saturated carbocycles. The number of aryl methyl sites for hydroxylation is 2. The SMILES string of the molecule is COc1ccc(CN(CCNC(=O)c2ccc3c(c2)CCCN(S(=O)(=O)c2ccc(C)cc2)C3)C(C)(C)C)cc1. The fraction of sp³-hybridized carbons (Fsp3) is 0.406. The second kappa shape index (κ2) is 12.5. The lowest BCUT2D eigenvalue weighted by Crippen LogP contribution is -2.45. The van der Waals surface area contributed by atoms with Gasteiger partial charge in [0.25, 0.3) is 5.91 Å². The van der Waals surface area contributed by atoms with Gasteiger partial charge in [-0.15, -0.1) is 0 Å². The highest BCUT2D eigenvalue weighted by molar-refractivity contribution is 7.89. The molecule has 8 heteroatoms. The second-order valence-corrected chi connectivity index (χ2v) is 13.4. The molecule has 1 N–H and O–H groups in total. The van der Waals surface area contributed by atoms with Crippen LogP contribution >= 0.6 is 0 Å². The van der Waals surface area contributed by atoms with Crippen LogP contribution in [0.15, 0.2) is 71.6 Å². The first-order valence-electron chi connectivity index (χ1n) is 13.8. The highest BCUT2D eigenvalue weighted by atomic mass is 32.2. The van der Waals surface area contributed by atoms with E-state index in [-0.39, 0.29) is 11.4 Å². The van der Waals surface area contributed by atoms with Crippen molar-refractivity contribution in [2.75, 3.05) is 26.7 Å². The van der Waals surface area contributed by atoms with E-state index in [4.69, 9.17) is 4.74 Å². The largest absolute Gasteiger partial charge is 0.497 e. The molecular formula is C32H41N3O4S. The van der Waals surface area contributed by atoms with Gasteiger partial charge >= 0.3 is 0 Å². The normalized spacial score (nSPS) is 14.4. The lowest BCUT2D eigenvalue weighted by molar-refractivity contribution is 0.0922. The fourth-order valence-electron chi connectivity index (χ4n) is 4.94. The molecule has 0 atom stereocenters. The van der Waals surface area contributed by atoms with Gasteiger partial charge in [-0.3, -0.25) is 9.69 Å². The summed E-state index contributed by atoms with van der Waals surface area (Å²) in [5, 5.41) is 3.08. The predicted molar refractivity (Wildman–Crippen MR) is 159 cm³/mol. The molecule has 4 rings (SSSR count). The quantitative estimate of drug-likeness (QED) is 0.389. The maximum atomic E-state index is 13.3. The first kappa shape index (κ1) is 29.8. The Balaban J connectivity index is 1.38. The Kier molecular flexibility index (Phi) is 9.33. The second-order valence-electron chi connectivity index (χ2n) is 11.4. The van der Waals surface area contributed by atoms with Gasteiger partial charge in [0.2, 0.25) is 10.0 Å². The molecule has 1 heterocycles. The van der Waals surface area contributed by atoms with Crippen molar-refractivity contribution in [2.45, 2.75) is 64.1 Å². The standard InChI is InChI=1S/C32H41N3O4S/c1-24-8-16-30(17-9-24)40(37,38)35-19-6-7-26-21-27(12-13-28(26)23-35)31(36)33-18-20-34(32(2,3)4)22-25-10-14-29(39-5)15-11-25/h8-17,21H,6-7,18-20,22-23H2,1-5H3,(H,33,36). The van der Waals surface area contributed by atoms with Crippen molar-refractivity contribution in [3.63, 3.8) is 0 Å². The maximum Gasteiger partial charge on any atom is 0.251 e. The van der Waals surface area contributed by atoms with Crippen molar-refractivity contribution < 1.29 is 17.9 Å². The molecule has 0 radical (unpaired) electrons. The Hall–Kier alpha value is -3.20. The molecule has 0 saturated heterocycles. The van der Waals surface area contributed by atoms with E-state index in [9.17, 15) is 13.2 Å².